The Hall–Kier alpha value is -4.12. The fourth-order valence-electron chi connectivity index (χ4n) is 5.06. The first kappa shape index (κ1) is 31.3. The quantitative estimate of drug-likeness (QED) is 0.123. The summed E-state index contributed by atoms with van der Waals surface area (Å²) in [7, 11) is 0. The van der Waals surface area contributed by atoms with Crippen molar-refractivity contribution in [3.8, 4) is 5.75 Å². The number of aliphatic hydroxyl groups is 1. The zero-order chi connectivity index (χ0) is 30.9. The maximum Gasteiger partial charge on any atom is 0.266 e. The number of ether oxygens (including phenoxy) is 2. The number of halogens is 3. The minimum atomic E-state index is -1.42. The number of aliphatic hydroxyl groups excluding tert-OH is 1. The minimum Gasteiger partial charge on any atom is -0.494 e. The predicted octanol–water partition coefficient (Wildman–Crippen LogP) is 5.85. The monoisotopic (exact) mass is 663 g/mol. The van der Waals surface area contributed by atoms with Crippen molar-refractivity contribution in [2.45, 2.75) is 30.9 Å². The number of amides is 1. The molecule has 0 fully saturated rings. The molecule has 0 spiro atoms. The topological polar surface area (TPSA) is 92.2 Å². The number of nitrogens with zero attached hydrogens (tertiary/aromatic N) is 1. The van der Waals surface area contributed by atoms with Gasteiger partial charge in [0.15, 0.2) is 11.6 Å². The average molecular weight is 665 g/mol. The maximum absolute atomic E-state index is 14.2. The first-order valence-electron chi connectivity index (χ1n) is 14.3. The highest BCUT2D eigenvalue weighted by Gasteiger charge is 2.53. The van der Waals surface area contributed by atoms with Gasteiger partial charge in [-0.15, -0.1) is 0 Å². The normalized spacial score (nSPS) is 17.5. The van der Waals surface area contributed by atoms with Crippen LogP contribution in [0.1, 0.15) is 34.8 Å². The van der Waals surface area contributed by atoms with Crippen LogP contribution in [0.2, 0.25) is 0 Å². The van der Waals surface area contributed by atoms with Crippen LogP contribution >= 0.6 is 15.9 Å². The molecule has 0 radical (unpaired) electrons. The van der Waals surface area contributed by atoms with Crippen LogP contribution in [0.5, 0.6) is 5.75 Å². The molecule has 10 heteroatoms. The Balaban J connectivity index is 1.46. The zero-order valence-electron chi connectivity index (χ0n) is 23.8. The summed E-state index contributed by atoms with van der Waals surface area (Å²) >= 11 is 3.62. The lowest BCUT2D eigenvalue weighted by molar-refractivity contribution is -0.130. The second kappa shape index (κ2) is 14.6. The van der Waals surface area contributed by atoms with Crippen molar-refractivity contribution in [3.05, 3.63) is 135 Å². The fraction of sp³-hybridized carbons (Fsp3) is 0.235. The molecule has 0 saturated heterocycles. The molecule has 3 N–H and O–H groups in total. The van der Waals surface area contributed by atoms with Crippen molar-refractivity contribution >= 4 is 27.7 Å². The number of benzene rings is 4. The van der Waals surface area contributed by atoms with Crippen molar-refractivity contribution in [2.75, 3.05) is 19.8 Å². The van der Waals surface area contributed by atoms with E-state index in [1.807, 2.05) is 66.7 Å². The van der Waals surface area contributed by atoms with E-state index < -0.39 is 29.2 Å². The van der Waals surface area contributed by atoms with E-state index in [1.54, 1.807) is 12.1 Å². The van der Waals surface area contributed by atoms with Gasteiger partial charge in [0.05, 0.1) is 6.61 Å². The Morgan fingerprint density at radius 2 is 1.68 bits per heavy atom. The Morgan fingerprint density at radius 1 is 0.977 bits per heavy atom. The maximum atomic E-state index is 14.2. The van der Waals surface area contributed by atoms with Gasteiger partial charge < -0.3 is 14.6 Å². The fourth-order valence-corrected chi connectivity index (χ4v) is 5.48. The van der Waals surface area contributed by atoms with Gasteiger partial charge in [-0.25, -0.2) is 19.2 Å². The first-order chi connectivity index (χ1) is 21.4. The molecule has 228 valence electrons. The molecule has 1 aliphatic heterocycles. The lowest BCUT2D eigenvalue weighted by atomic mass is 9.82. The summed E-state index contributed by atoms with van der Waals surface area (Å²) in [5, 5.41) is 9.03. The number of hydrogen-bond donors (Lipinski definition) is 3. The van der Waals surface area contributed by atoms with Gasteiger partial charge in [0.2, 0.25) is 5.90 Å². The van der Waals surface area contributed by atoms with Crippen molar-refractivity contribution < 1.29 is 28.2 Å². The van der Waals surface area contributed by atoms with Gasteiger partial charge in [0.1, 0.15) is 17.4 Å². The number of rotatable bonds is 13. The van der Waals surface area contributed by atoms with Gasteiger partial charge in [-0.3, -0.25) is 10.2 Å². The molecule has 7 nitrogen and oxygen atoms in total. The highest BCUT2D eigenvalue weighted by molar-refractivity contribution is 9.10. The molecule has 0 aromatic heterocycles. The summed E-state index contributed by atoms with van der Waals surface area (Å²) in [6.45, 7) is 0.661. The van der Waals surface area contributed by atoms with E-state index in [-0.39, 0.29) is 26.0 Å². The summed E-state index contributed by atoms with van der Waals surface area (Å²) in [5.74, 6) is -0.793. The van der Waals surface area contributed by atoms with E-state index in [4.69, 9.17) is 19.6 Å². The van der Waals surface area contributed by atoms with Gasteiger partial charge in [-0.2, -0.15) is 0 Å². The van der Waals surface area contributed by atoms with Gasteiger partial charge in [0, 0.05) is 42.1 Å². The van der Waals surface area contributed by atoms with Crippen LogP contribution in [0, 0.1) is 11.6 Å². The van der Waals surface area contributed by atoms with Gasteiger partial charge in [-0.05, 0) is 65.6 Å². The molecule has 1 amide bonds. The van der Waals surface area contributed by atoms with E-state index in [1.165, 1.54) is 12.1 Å². The number of carbonyl (C=O) groups is 1. The number of carbonyl (C=O) groups excluding carboxylic acids is 1. The van der Waals surface area contributed by atoms with E-state index in [9.17, 15) is 13.6 Å². The van der Waals surface area contributed by atoms with Crippen molar-refractivity contribution in [1.29, 1.82) is 0 Å². The first-order valence-corrected chi connectivity index (χ1v) is 15.0. The molecular formula is C34H32BrF2N3O4. The molecule has 44 heavy (non-hydrogen) atoms. The third kappa shape index (κ3) is 7.50. The summed E-state index contributed by atoms with van der Waals surface area (Å²) in [5.41, 5.74) is 7.05. The van der Waals surface area contributed by atoms with Crippen LogP contribution < -0.4 is 15.6 Å². The summed E-state index contributed by atoms with van der Waals surface area (Å²) in [4.78, 5) is 19.2. The van der Waals surface area contributed by atoms with E-state index in [0.717, 1.165) is 21.7 Å². The van der Waals surface area contributed by atoms with Crippen molar-refractivity contribution in [1.82, 2.24) is 10.9 Å². The minimum absolute atomic E-state index is 0.0451. The average Bonchev–Trinajstić information content (AvgIpc) is 3.41. The molecule has 2 atom stereocenters. The lowest BCUT2D eigenvalue weighted by Gasteiger charge is -2.31. The van der Waals surface area contributed by atoms with Crippen LogP contribution in [0.25, 0.3) is 0 Å². The predicted molar refractivity (Wildman–Crippen MR) is 167 cm³/mol. The highest BCUT2D eigenvalue weighted by Crippen LogP contribution is 2.43. The Kier molecular flexibility index (Phi) is 10.4. The van der Waals surface area contributed by atoms with Crippen LogP contribution in [0.4, 0.5) is 8.78 Å². The number of hydrazine groups is 1. The molecular weight excluding hydrogens is 632 g/mol. The van der Waals surface area contributed by atoms with Crippen LogP contribution in [-0.4, -0.2) is 42.2 Å². The second-order valence-electron chi connectivity index (χ2n) is 10.4. The van der Waals surface area contributed by atoms with Crippen LogP contribution in [-0.2, 0) is 22.4 Å². The van der Waals surface area contributed by atoms with Crippen molar-refractivity contribution in [3.63, 3.8) is 0 Å². The smallest absolute Gasteiger partial charge is 0.266 e. The molecule has 0 saturated carbocycles. The number of nitrogens with one attached hydrogen (secondary N) is 2. The Labute approximate surface area is 263 Å². The largest absolute Gasteiger partial charge is 0.494 e. The molecule has 0 bridgehead atoms. The molecule has 5 rings (SSSR count). The van der Waals surface area contributed by atoms with Gasteiger partial charge in [0.25, 0.3) is 5.91 Å². The Bertz CT molecular complexity index is 1580. The lowest BCUT2D eigenvalue weighted by Crippen LogP contribution is -2.54. The molecule has 0 aliphatic carbocycles. The summed E-state index contributed by atoms with van der Waals surface area (Å²) < 4.78 is 40.3. The highest BCUT2D eigenvalue weighted by atomic mass is 79.9. The molecule has 1 aliphatic rings. The second-order valence-corrected chi connectivity index (χ2v) is 11.2. The van der Waals surface area contributed by atoms with Crippen LogP contribution in [0.15, 0.2) is 107 Å². The number of aliphatic imine (C=N–C) groups is 1. The zero-order valence-corrected chi connectivity index (χ0v) is 25.4. The van der Waals surface area contributed by atoms with Crippen LogP contribution in [0.3, 0.4) is 0 Å². The standard InChI is InChI=1S/C34H32BrF2N3O4/c35-30-10-5-4-9-26(30)22-34(33(42)40-38-16-15-23-19-27(36)21-28(37)20-23)31(24-7-2-1-3-8-24)44-32(39-34)25-11-13-29(14-12-25)43-18-6-17-41/h1-5,7-14,19-21,31,38,41H,6,15-18,22H2,(H,40,42)/t31-,34-/m0/s1. The SMILES string of the molecule is O=C(NNCCc1cc(F)cc(F)c1)[C@@]1(Cc2ccccc2Br)N=C(c2ccc(OCCCO)cc2)O[C@H]1c1ccccc1. The molecule has 4 aromatic carbocycles. The third-order valence-electron chi connectivity index (χ3n) is 7.21. The Morgan fingerprint density at radius 3 is 2.39 bits per heavy atom. The van der Waals surface area contributed by atoms with E-state index >= 15 is 0 Å². The summed E-state index contributed by atoms with van der Waals surface area (Å²) in [6, 6.07) is 27.6. The number of hydrogen-bond acceptors (Lipinski definition) is 6. The van der Waals surface area contributed by atoms with Gasteiger partial charge >= 0.3 is 0 Å². The van der Waals surface area contributed by atoms with Crippen molar-refractivity contribution in [2.24, 2.45) is 4.99 Å². The van der Waals surface area contributed by atoms with Gasteiger partial charge in [-0.1, -0.05) is 64.5 Å². The van der Waals surface area contributed by atoms with E-state index in [0.29, 0.717) is 35.8 Å². The molecule has 4 aromatic rings. The third-order valence-corrected chi connectivity index (χ3v) is 7.99. The molecule has 1 heterocycles. The summed E-state index contributed by atoms with van der Waals surface area (Å²) in [6.07, 6.45) is 0.246. The molecule has 0 unspecified atom stereocenters. The van der Waals surface area contributed by atoms with E-state index in [2.05, 4.69) is 26.8 Å².